The highest BCUT2D eigenvalue weighted by molar-refractivity contribution is 6.00. The van der Waals surface area contributed by atoms with E-state index in [1.807, 2.05) is 19.2 Å². The summed E-state index contributed by atoms with van der Waals surface area (Å²) in [4.78, 5) is 36.9. The smallest absolute Gasteiger partial charge is 0.317 e. The Bertz CT molecular complexity index is 966. The van der Waals surface area contributed by atoms with Gasteiger partial charge in [-0.05, 0) is 63.1 Å². The number of hydrogen-bond donors (Lipinski definition) is 2. The molecule has 1 aliphatic carbocycles. The molecule has 1 aromatic carbocycles. The largest absolute Gasteiger partial charge is 0.329 e. The molecule has 7 heteroatoms. The monoisotopic (exact) mass is 384 g/mol. The van der Waals surface area contributed by atoms with E-state index in [0.717, 1.165) is 23.0 Å². The second kappa shape index (κ2) is 7.54. The molecule has 7 nitrogen and oxygen atoms in total. The Hall–Kier alpha value is -2.41. The molecule has 4 rings (SSSR count). The van der Waals surface area contributed by atoms with Gasteiger partial charge in [-0.1, -0.05) is 12.1 Å². The summed E-state index contributed by atoms with van der Waals surface area (Å²) in [5, 5.41) is 5.74. The van der Waals surface area contributed by atoms with Crippen LogP contribution in [0.4, 0.5) is 0 Å². The van der Waals surface area contributed by atoms with Crippen LogP contribution in [-0.4, -0.2) is 34.0 Å². The third kappa shape index (κ3) is 3.28. The minimum atomic E-state index is -0.629. The number of benzene rings is 1. The maximum Gasteiger partial charge on any atom is 0.329 e. The van der Waals surface area contributed by atoms with Crippen LogP contribution in [0.5, 0.6) is 0 Å². The Kier molecular flexibility index (Phi) is 5.10. The van der Waals surface area contributed by atoms with E-state index in [4.69, 9.17) is 0 Å². The topological polar surface area (TPSA) is 85.1 Å². The highest BCUT2D eigenvalue weighted by Crippen LogP contribution is 2.31. The zero-order valence-electron chi connectivity index (χ0n) is 16.5. The first-order valence-electron chi connectivity index (χ1n) is 10.2. The Balaban J connectivity index is 1.68. The van der Waals surface area contributed by atoms with Gasteiger partial charge in [0.05, 0.1) is 11.0 Å². The zero-order chi connectivity index (χ0) is 19.8. The van der Waals surface area contributed by atoms with Crippen molar-refractivity contribution in [1.29, 1.82) is 0 Å². The van der Waals surface area contributed by atoms with Gasteiger partial charge in [0, 0.05) is 19.5 Å². The first kappa shape index (κ1) is 18.9. The van der Waals surface area contributed by atoms with E-state index in [0.29, 0.717) is 18.4 Å². The van der Waals surface area contributed by atoms with Crippen LogP contribution in [0, 0.1) is 5.92 Å². The van der Waals surface area contributed by atoms with Gasteiger partial charge >= 0.3 is 5.69 Å². The average molecular weight is 384 g/mol. The molecule has 2 N–H and O–H groups in total. The summed E-state index contributed by atoms with van der Waals surface area (Å²) < 4.78 is 3.23. The summed E-state index contributed by atoms with van der Waals surface area (Å²) in [6.45, 7) is 0. The maximum absolute atomic E-state index is 13.0. The number of piperidine rings is 1. The Morgan fingerprint density at radius 1 is 1.11 bits per heavy atom. The molecular weight excluding hydrogens is 356 g/mol. The molecule has 2 aliphatic rings. The highest BCUT2D eigenvalue weighted by atomic mass is 16.2. The van der Waals surface area contributed by atoms with Crippen molar-refractivity contribution in [3.8, 4) is 0 Å². The summed E-state index contributed by atoms with van der Waals surface area (Å²) in [5.41, 5.74) is 2.66. The molecule has 0 radical (unpaired) electrons. The lowest BCUT2D eigenvalue weighted by atomic mass is 9.82. The molecule has 1 aliphatic heterocycles. The molecule has 2 amide bonds. The predicted molar refractivity (Wildman–Crippen MR) is 107 cm³/mol. The predicted octanol–water partition coefficient (Wildman–Crippen LogP) is 1.64. The number of carbonyl (C=O) groups is 2. The number of imide groups is 1. The number of aryl methyl sites for hydroxylation is 1. The zero-order valence-corrected chi connectivity index (χ0v) is 16.5. The molecule has 1 atom stereocenters. The lowest BCUT2D eigenvalue weighted by molar-refractivity contribution is -0.135. The van der Waals surface area contributed by atoms with Crippen LogP contribution < -0.4 is 16.3 Å². The minimum Gasteiger partial charge on any atom is -0.317 e. The van der Waals surface area contributed by atoms with Gasteiger partial charge in [-0.15, -0.1) is 0 Å². The molecule has 1 saturated heterocycles. The number of hydrogen-bond acceptors (Lipinski definition) is 4. The molecule has 1 saturated carbocycles. The van der Waals surface area contributed by atoms with Crippen LogP contribution in [0.25, 0.3) is 11.0 Å². The third-order valence-corrected chi connectivity index (χ3v) is 6.47. The number of para-hydroxylation sites is 1. The van der Waals surface area contributed by atoms with Gasteiger partial charge in [-0.25, -0.2) is 4.79 Å². The first-order valence-corrected chi connectivity index (χ1v) is 10.2. The Morgan fingerprint density at radius 2 is 1.86 bits per heavy atom. The number of nitrogens with one attached hydrogen (secondary N) is 2. The van der Waals surface area contributed by atoms with Crippen molar-refractivity contribution in [2.45, 2.75) is 57.0 Å². The molecule has 150 valence electrons. The quantitative estimate of drug-likeness (QED) is 0.785. The van der Waals surface area contributed by atoms with Gasteiger partial charge in [0.15, 0.2) is 0 Å². The van der Waals surface area contributed by atoms with Crippen molar-refractivity contribution in [2.75, 3.05) is 7.05 Å². The summed E-state index contributed by atoms with van der Waals surface area (Å²) in [7, 11) is 3.80. The highest BCUT2D eigenvalue weighted by Gasteiger charge is 2.32. The molecule has 2 fully saturated rings. The molecule has 1 unspecified atom stereocenters. The van der Waals surface area contributed by atoms with Gasteiger partial charge in [0.1, 0.15) is 6.04 Å². The van der Waals surface area contributed by atoms with E-state index in [-0.39, 0.29) is 23.9 Å². The van der Waals surface area contributed by atoms with E-state index >= 15 is 0 Å². The lowest BCUT2D eigenvalue weighted by Gasteiger charge is -2.28. The number of nitrogens with zero attached hydrogens (tertiary/aromatic N) is 2. The van der Waals surface area contributed by atoms with Gasteiger partial charge < -0.3 is 5.32 Å². The van der Waals surface area contributed by atoms with Gasteiger partial charge in [0.25, 0.3) is 0 Å². The number of amides is 2. The molecule has 0 spiro atoms. The molecule has 2 heterocycles. The summed E-state index contributed by atoms with van der Waals surface area (Å²) in [5.74, 6) is -0.0432. The Morgan fingerprint density at radius 3 is 2.54 bits per heavy atom. The van der Waals surface area contributed by atoms with Crippen molar-refractivity contribution in [1.82, 2.24) is 19.8 Å². The Labute approximate surface area is 164 Å². The average Bonchev–Trinajstić information content (AvgIpc) is 2.94. The maximum atomic E-state index is 13.0. The van der Waals surface area contributed by atoms with E-state index in [2.05, 4.69) is 16.7 Å². The SMILES string of the molecule is CNC1CCC(Cc2cccc3c2n(C)c(=O)n3C2CCC(=O)NC2=O)CC1. The van der Waals surface area contributed by atoms with E-state index < -0.39 is 6.04 Å². The number of aromatic nitrogens is 2. The number of rotatable bonds is 4. The van der Waals surface area contributed by atoms with Crippen LogP contribution in [0.2, 0.25) is 0 Å². The lowest BCUT2D eigenvalue weighted by Crippen LogP contribution is -2.44. The number of fused-ring (bicyclic) bond motifs is 1. The fourth-order valence-corrected chi connectivity index (χ4v) is 4.88. The van der Waals surface area contributed by atoms with E-state index in [1.54, 1.807) is 16.2 Å². The summed E-state index contributed by atoms with van der Waals surface area (Å²) in [6.07, 6.45) is 6.31. The van der Waals surface area contributed by atoms with Gasteiger partial charge in [0.2, 0.25) is 11.8 Å². The number of imidazole rings is 1. The van der Waals surface area contributed by atoms with Crippen LogP contribution in [0.3, 0.4) is 0 Å². The second-order valence-electron chi connectivity index (χ2n) is 8.17. The van der Waals surface area contributed by atoms with Crippen molar-refractivity contribution in [3.63, 3.8) is 0 Å². The van der Waals surface area contributed by atoms with Gasteiger partial charge in [-0.3, -0.25) is 24.0 Å². The van der Waals surface area contributed by atoms with Crippen LogP contribution >= 0.6 is 0 Å². The summed E-state index contributed by atoms with van der Waals surface area (Å²) >= 11 is 0. The van der Waals surface area contributed by atoms with Gasteiger partial charge in [-0.2, -0.15) is 0 Å². The van der Waals surface area contributed by atoms with Crippen molar-refractivity contribution in [2.24, 2.45) is 13.0 Å². The van der Waals surface area contributed by atoms with Crippen LogP contribution in [0.1, 0.15) is 50.1 Å². The van der Waals surface area contributed by atoms with Crippen LogP contribution in [0.15, 0.2) is 23.0 Å². The standard InChI is InChI=1S/C21H28N4O3/c1-22-15-8-6-13(7-9-15)12-14-4-3-5-16-19(14)24(2)21(28)25(16)17-10-11-18(26)23-20(17)27/h3-5,13,15,17,22H,6-12H2,1-2H3,(H,23,26,27). The third-order valence-electron chi connectivity index (χ3n) is 6.47. The molecular formula is C21H28N4O3. The van der Waals surface area contributed by atoms with Crippen molar-refractivity contribution >= 4 is 22.8 Å². The second-order valence-corrected chi connectivity index (χ2v) is 8.17. The molecule has 1 aromatic heterocycles. The normalized spacial score (nSPS) is 25.9. The van der Waals surface area contributed by atoms with E-state index in [9.17, 15) is 14.4 Å². The fourth-order valence-electron chi connectivity index (χ4n) is 4.88. The summed E-state index contributed by atoms with van der Waals surface area (Å²) in [6, 6.07) is 5.96. The van der Waals surface area contributed by atoms with Crippen LogP contribution in [-0.2, 0) is 23.1 Å². The number of carbonyl (C=O) groups excluding carboxylic acids is 2. The van der Waals surface area contributed by atoms with E-state index in [1.165, 1.54) is 25.7 Å². The molecule has 2 aromatic rings. The van der Waals surface area contributed by atoms with Crippen molar-refractivity contribution in [3.05, 3.63) is 34.2 Å². The fraction of sp³-hybridized carbons (Fsp3) is 0.571. The first-order chi connectivity index (χ1) is 13.5. The minimum absolute atomic E-state index is 0.198. The molecule has 28 heavy (non-hydrogen) atoms. The van der Waals surface area contributed by atoms with Crippen molar-refractivity contribution < 1.29 is 9.59 Å². The molecule has 0 bridgehead atoms.